The number of carbonyl (C=O) groups excluding carboxylic acids is 1. The van der Waals surface area contributed by atoms with Gasteiger partial charge >= 0.3 is 0 Å². The van der Waals surface area contributed by atoms with Gasteiger partial charge in [-0.05, 0) is 12.1 Å². The van der Waals surface area contributed by atoms with E-state index in [0.717, 1.165) is 31.7 Å². The van der Waals surface area contributed by atoms with Gasteiger partial charge in [0, 0.05) is 45.0 Å². The summed E-state index contributed by atoms with van der Waals surface area (Å²) in [6.07, 6.45) is 3.26. The third kappa shape index (κ3) is 3.85. The number of hydrogen-bond acceptors (Lipinski definition) is 3. The van der Waals surface area contributed by atoms with Gasteiger partial charge in [0.25, 0.3) is 0 Å². The lowest BCUT2D eigenvalue weighted by Crippen LogP contribution is -2.42. The Morgan fingerprint density at radius 2 is 2.50 bits per heavy atom. The molecular weight excluding hydrogens is 230 g/mol. The van der Waals surface area contributed by atoms with Crippen LogP contribution in [0.5, 0.6) is 0 Å². The van der Waals surface area contributed by atoms with Gasteiger partial charge in [-0.1, -0.05) is 0 Å². The number of aromatic nitrogens is 1. The van der Waals surface area contributed by atoms with Gasteiger partial charge in [-0.3, -0.25) is 4.79 Å². The molecule has 1 amide bonds. The number of H-pyrrole nitrogens is 1. The standard InChI is InChI=1S/C13H21N3O2/c1-16(7-4-11-3-2-5-15-11)13(17)9-12-10-14-6-8-18-12/h2-3,5,12,14-15H,4,6-10H2,1H3. The highest BCUT2D eigenvalue weighted by Crippen LogP contribution is 2.05. The minimum atomic E-state index is 0.0270. The van der Waals surface area contributed by atoms with Crippen LogP contribution >= 0.6 is 0 Å². The predicted molar refractivity (Wildman–Crippen MR) is 69.4 cm³/mol. The van der Waals surface area contributed by atoms with Crippen molar-refractivity contribution in [2.24, 2.45) is 0 Å². The zero-order valence-electron chi connectivity index (χ0n) is 10.8. The van der Waals surface area contributed by atoms with Gasteiger partial charge in [0.05, 0.1) is 19.1 Å². The van der Waals surface area contributed by atoms with Crippen LogP contribution in [0, 0.1) is 0 Å². The summed E-state index contributed by atoms with van der Waals surface area (Å²) < 4.78 is 5.53. The Bertz CT molecular complexity index is 358. The van der Waals surface area contributed by atoms with Gasteiger partial charge in [-0.2, -0.15) is 0 Å². The fraction of sp³-hybridized carbons (Fsp3) is 0.615. The van der Waals surface area contributed by atoms with Crippen molar-refractivity contribution in [3.8, 4) is 0 Å². The van der Waals surface area contributed by atoms with E-state index in [1.807, 2.05) is 25.4 Å². The highest BCUT2D eigenvalue weighted by atomic mass is 16.5. The van der Waals surface area contributed by atoms with E-state index in [-0.39, 0.29) is 12.0 Å². The number of carbonyl (C=O) groups is 1. The van der Waals surface area contributed by atoms with E-state index in [9.17, 15) is 4.79 Å². The van der Waals surface area contributed by atoms with Crippen molar-refractivity contribution in [2.75, 3.05) is 33.3 Å². The fourth-order valence-corrected chi connectivity index (χ4v) is 2.04. The molecule has 5 nitrogen and oxygen atoms in total. The minimum Gasteiger partial charge on any atom is -0.375 e. The van der Waals surface area contributed by atoms with Crippen molar-refractivity contribution in [3.63, 3.8) is 0 Å². The van der Waals surface area contributed by atoms with Crippen molar-refractivity contribution in [3.05, 3.63) is 24.0 Å². The lowest BCUT2D eigenvalue weighted by Gasteiger charge is -2.25. The molecule has 5 heteroatoms. The van der Waals surface area contributed by atoms with Crippen LogP contribution in [0.25, 0.3) is 0 Å². The van der Waals surface area contributed by atoms with Crippen LogP contribution in [0.4, 0.5) is 0 Å². The lowest BCUT2D eigenvalue weighted by atomic mass is 10.2. The number of rotatable bonds is 5. The van der Waals surface area contributed by atoms with Crippen LogP contribution < -0.4 is 5.32 Å². The Morgan fingerprint density at radius 3 is 3.17 bits per heavy atom. The summed E-state index contributed by atoms with van der Waals surface area (Å²) >= 11 is 0. The topological polar surface area (TPSA) is 57.4 Å². The van der Waals surface area contributed by atoms with Crippen LogP contribution in [-0.2, 0) is 16.0 Å². The normalized spacial score (nSPS) is 19.7. The fourth-order valence-electron chi connectivity index (χ4n) is 2.04. The molecule has 1 aromatic heterocycles. The van der Waals surface area contributed by atoms with Gasteiger partial charge in [0.15, 0.2) is 0 Å². The Kier molecular flexibility index (Phi) is 4.78. The van der Waals surface area contributed by atoms with E-state index < -0.39 is 0 Å². The molecule has 2 heterocycles. The molecule has 1 aliphatic heterocycles. The number of amides is 1. The predicted octanol–water partition coefficient (Wildman–Crippen LogP) is 0.394. The molecule has 0 radical (unpaired) electrons. The molecule has 0 bridgehead atoms. The maximum Gasteiger partial charge on any atom is 0.224 e. The second-order valence-corrected chi connectivity index (χ2v) is 4.66. The summed E-state index contributed by atoms with van der Waals surface area (Å²) in [6.45, 7) is 3.09. The maximum atomic E-state index is 12.0. The first-order valence-electron chi connectivity index (χ1n) is 6.44. The van der Waals surface area contributed by atoms with Gasteiger partial charge in [-0.25, -0.2) is 0 Å². The average Bonchev–Trinajstić information content (AvgIpc) is 2.90. The third-order valence-corrected chi connectivity index (χ3v) is 3.21. The highest BCUT2D eigenvalue weighted by Gasteiger charge is 2.19. The first-order chi connectivity index (χ1) is 8.75. The lowest BCUT2D eigenvalue weighted by molar-refractivity contribution is -0.133. The monoisotopic (exact) mass is 251 g/mol. The molecule has 0 aliphatic carbocycles. The Morgan fingerprint density at radius 1 is 1.61 bits per heavy atom. The molecule has 2 N–H and O–H groups in total. The second kappa shape index (κ2) is 6.56. The summed E-state index contributed by atoms with van der Waals surface area (Å²) in [6, 6.07) is 4.01. The summed E-state index contributed by atoms with van der Waals surface area (Å²) in [5.74, 6) is 0.148. The van der Waals surface area contributed by atoms with Crippen molar-refractivity contribution in [1.29, 1.82) is 0 Å². The molecule has 0 aromatic carbocycles. The van der Waals surface area contributed by atoms with Crippen LogP contribution in [0.3, 0.4) is 0 Å². The third-order valence-electron chi connectivity index (χ3n) is 3.21. The average molecular weight is 251 g/mol. The number of ether oxygens (including phenoxy) is 1. The van der Waals surface area contributed by atoms with Gasteiger partial charge < -0.3 is 19.9 Å². The number of hydrogen-bond donors (Lipinski definition) is 2. The van der Waals surface area contributed by atoms with Gasteiger partial charge in [0.2, 0.25) is 5.91 Å². The minimum absolute atomic E-state index is 0.0270. The number of aromatic amines is 1. The van der Waals surface area contributed by atoms with E-state index in [4.69, 9.17) is 4.74 Å². The maximum absolute atomic E-state index is 12.0. The van der Waals surface area contributed by atoms with Crippen LogP contribution in [-0.4, -0.2) is 55.2 Å². The zero-order valence-corrected chi connectivity index (χ0v) is 10.8. The van der Waals surface area contributed by atoms with Gasteiger partial charge in [-0.15, -0.1) is 0 Å². The van der Waals surface area contributed by atoms with E-state index in [0.29, 0.717) is 13.0 Å². The number of likely N-dealkylation sites (N-methyl/N-ethyl adjacent to an activating group) is 1. The molecule has 0 saturated carbocycles. The first-order valence-corrected chi connectivity index (χ1v) is 6.44. The molecule has 0 spiro atoms. The molecule has 1 fully saturated rings. The van der Waals surface area contributed by atoms with Crippen LogP contribution in [0.2, 0.25) is 0 Å². The molecule has 18 heavy (non-hydrogen) atoms. The summed E-state index contributed by atoms with van der Waals surface area (Å²) in [5.41, 5.74) is 1.16. The smallest absolute Gasteiger partial charge is 0.224 e. The summed E-state index contributed by atoms with van der Waals surface area (Å²) in [7, 11) is 1.85. The van der Waals surface area contributed by atoms with Gasteiger partial charge in [0.1, 0.15) is 0 Å². The van der Waals surface area contributed by atoms with Crippen molar-refractivity contribution in [2.45, 2.75) is 18.9 Å². The summed E-state index contributed by atoms with van der Waals surface area (Å²) in [4.78, 5) is 16.9. The van der Waals surface area contributed by atoms with Crippen molar-refractivity contribution >= 4 is 5.91 Å². The Hall–Kier alpha value is -1.33. The molecule has 1 aromatic rings. The number of morpholine rings is 1. The van der Waals surface area contributed by atoms with Crippen molar-refractivity contribution in [1.82, 2.24) is 15.2 Å². The SMILES string of the molecule is CN(CCc1ccc[nH]1)C(=O)CC1CNCCO1. The highest BCUT2D eigenvalue weighted by molar-refractivity contribution is 5.76. The summed E-state index contributed by atoms with van der Waals surface area (Å²) in [5, 5.41) is 3.23. The number of nitrogens with one attached hydrogen (secondary N) is 2. The van der Waals surface area contributed by atoms with E-state index in [1.165, 1.54) is 0 Å². The Labute approximate surface area is 108 Å². The molecule has 1 unspecified atom stereocenters. The van der Waals surface area contributed by atoms with Crippen LogP contribution in [0.15, 0.2) is 18.3 Å². The number of nitrogens with zero attached hydrogens (tertiary/aromatic N) is 1. The molecular formula is C13H21N3O2. The molecule has 1 aliphatic rings. The quantitative estimate of drug-likeness (QED) is 0.796. The van der Waals surface area contributed by atoms with E-state index in [2.05, 4.69) is 10.3 Å². The second-order valence-electron chi connectivity index (χ2n) is 4.66. The van der Waals surface area contributed by atoms with E-state index >= 15 is 0 Å². The van der Waals surface area contributed by atoms with Crippen LogP contribution in [0.1, 0.15) is 12.1 Å². The molecule has 1 saturated heterocycles. The molecule has 100 valence electrons. The zero-order chi connectivity index (χ0) is 12.8. The largest absolute Gasteiger partial charge is 0.375 e. The van der Waals surface area contributed by atoms with Crippen molar-refractivity contribution < 1.29 is 9.53 Å². The first kappa shape index (κ1) is 13.1. The Balaban J connectivity index is 1.70. The van der Waals surface area contributed by atoms with E-state index in [1.54, 1.807) is 4.90 Å². The molecule has 2 rings (SSSR count). The molecule has 1 atom stereocenters.